The van der Waals surface area contributed by atoms with Crippen LogP contribution in [0.25, 0.3) is 0 Å². The van der Waals surface area contributed by atoms with E-state index in [1.165, 1.54) is 6.07 Å². The molecule has 1 heterocycles. The van der Waals surface area contributed by atoms with Crippen molar-refractivity contribution >= 4 is 17.3 Å². The molecule has 0 spiro atoms. The first-order valence-electron chi connectivity index (χ1n) is 6.29. The summed E-state index contributed by atoms with van der Waals surface area (Å²) in [6, 6.07) is 4.92. The molecule has 1 N–H and O–H groups in total. The molecule has 102 valence electrons. The van der Waals surface area contributed by atoms with Gasteiger partial charge in [0.05, 0.1) is 11.5 Å². The van der Waals surface area contributed by atoms with Crippen LogP contribution < -0.4 is 10.2 Å². The summed E-state index contributed by atoms with van der Waals surface area (Å²) in [5.41, 5.74) is 1.96. The molecular formula is C13H17N3O3. The standard InChI is InChI=1S/C13H17N3O3/c1-9(2)14-13(17)8-15-6-5-10-7-11(16(18)19)3-4-12(10)15/h3-4,7,9H,5-6,8H2,1-2H3,(H,14,17). The van der Waals surface area contributed by atoms with Gasteiger partial charge in [0.25, 0.3) is 5.69 Å². The number of carbonyl (C=O) groups is 1. The number of hydrogen-bond acceptors (Lipinski definition) is 4. The van der Waals surface area contributed by atoms with Crippen LogP contribution in [-0.4, -0.2) is 30.0 Å². The van der Waals surface area contributed by atoms with E-state index >= 15 is 0 Å². The first-order valence-corrected chi connectivity index (χ1v) is 6.29. The Morgan fingerprint density at radius 3 is 2.89 bits per heavy atom. The van der Waals surface area contributed by atoms with Crippen molar-refractivity contribution in [3.05, 3.63) is 33.9 Å². The van der Waals surface area contributed by atoms with Crippen molar-refractivity contribution in [3.63, 3.8) is 0 Å². The van der Waals surface area contributed by atoms with E-state index in [0.717, 1.165) is 24.2 Å². The van der Waals surface area contributed by atoms with Gasteiger partial charge >= 0.3 is 0 Å². The molecule has 6 nitrogen and oxygen atoms in total. The summed E-state index contributed by atoms with van der Waals surface area (Å²) in [6.45, 7) is 4.85. The van der Waals surface area contributed by atoms with Gasteiger partial charge in [-0.3, -0.25) is 14.9 Å². The van der Waals surface area contributed by atoms with Crippen molar-refractivity contribution in [1.29, 1.82) is 0 Å². The summed E-state index contributed by atoms with van der Waals surface area (Å²) in [4.78, 5) is 24.0. The number of nitro benzene ring substituents is 1. The maximum absolute atomic E-state index is 11.7. The number of amides is 1. The number of fused-ring (bicyclic) bond motifs is 1. The Hall–Kier alpha value is -2.11. The van der Waals surface area contributed by atoms with E-state index in [4.69, 9.17) is 0 Å². The number of nitrogens with zero attached hydrogens (tertiary/aromatic N) is 2. The molecule has 6 heteroatoms. The van der Waals surface area contributed by atoms with Crippen LogP contribution in [0.4, 0.5) is 11.4 Å². The number of nitrogens with one attached hydrogen (secondary N) is 1. The maximum atomic E-state index is 11.7. The third kappa shape index (κ3) is 3.01. The van der Waals surface area contributed by atoms with Crippen molar-refractivity contribution in [1.82, 2.24) is 5.32 Å². The second-order valence-electron chi connectivity index (χ2n) is 4.96. The molecule has 1 amide bonds. The Morgan fingerprint density at radius 1 is 1.53 bits per heavy atom. The van der Waals surface area contributed by atoms with E-state index in [0.29, 0.717) is 6.54 Å². The monoisotopic (exact) mass is 263 g/mol. The van der Waals surface area contributed by atoms with Gasteiger partial charge in [0, 0.05) is 30.4 Å². The summed E-state index contributed by atoms with van der Waals surface area (Å²) in [6.07, 6.45) is 0.742. The van der Waals surface area contributed by atoms with E-state index in [9.17, 15) is 14.9 Å². The van der Waals surface area contributed by atoms with E-state index in [1.807, 2.05) is 18.7 Å². The highest BCUT2D eigenvalue weighted by molar-refractivity contribution is 5.82. The molecule has 0 fully saturated rings. The second kappa shape index (κ2) is 5.26. The van der Waals surface area contributed by atoms with Crippen LogP contribution in [0.3, 0.4) is 0 Å². The zero-order valence-corrected chi connectivity index (χ0v) is 11.0. The molecule has 19 heavy (non-hydrogen) atoms. The lowest BCUT2D eigenvalue weighted by Crippen LogP contribution is -2.39. The highest BCUT2D eigenvalue weighted by Gasteiger charge is 2.23. The van der Waals surface area contributed by atoms with E-state index in [1.54, 1.807) is 12.1 Å². The molecule has 0 atom stereocenters. The van der Waals surface area contributed by atoms with E-state index < -0.39 is 4.92 Å². The topological polar surface area (TPSA) is 75.5 Å². The van der Waals surface area contributed by atoms with Gasteiger partial charge in [-0.05, 0) is 31.9 Å². The third-order valence-corrected chi connectivity index (χ3v) is 3.05. The molecule has 0 unspecified atom stereocenters. The summed E-state index contributed by atoms with van der Waals surface area (Å²) >= 11 is 0. The zero-order valence-electron chi connectivity index (χ0n) is 11.0. The van der Waals surface area contributed by atoms with Gasteiger partial charge in [-0.15, -0.1) is 0 Å². The number of carbonyl (C=O) groups excluding carboxylic acids is 1. The van der Waals surface area contributed by atoms with Gasteiger partial charge in [0.1, 0.15) is 0 Å². The molecule has 2 rings (SSSR count). The van der Waals surface area contributed by atoms with Gasteiger partial charge in [0.2, 0.25) is 5.91 Å². The summed E-state index contributed by atoms with van der Waals surface area (Å²) in [7, 11) is 0. The van der Waals surface area contributed by atoms with Gasteiger partial charge in [0.15, 0.2) is 0 Å². The van der Waals surface area contributed by atoms with Crippen LogP contribution in [0.15, 0.2) is 18.2 Å². The Balaban J connectivity index is 2.10. The number of hydrogen-bond donors (Lipinski definition) is 1. The van der Waals surface area contributed by atoms with Gasteiger partial charge < -0.3 is 10.2 Å². The summed E-state index contributed by atoms with van der Waals surface area (Å²) in [5.74, 6) is -0.0267. The Bertz CT molecular complexity index is 514. The van der Waals surface area contributed by atoms with Gasteiger partial charge in [-0.1, -0.05) is 0 Å². The van der Waals surface area contributed by atoms with E-state index in [-0.39, 0.29) is 17.6 Å². The molecule has 0 aliphatic carbocycles. The number of rotatable bonds is 4. The van der Waals surface area contributed by atoms with Crippen LogP contribution >= 0.6 is 0 Å². The van der Waals surface area contributed by atoms with Crippen LogP contribution in [0.1, 0.15) is 19.4 Å². The second-order valence-corrected chi connectivity index (χ2v) is 4.96. The molecule has 0 saturated heterocycles. The predicted octanol–water partition coefficient (Wildman–Crippen LogP) is 1.48. The molecule has 1 aliphatic heterocycles. The fourth-order valence-electron chi connectivity index (χ4n) is 2.28. The Morgan fingerprint density at radius 2 is 2.26 bits per heavy atom. The minimum Gasteiger partial charge on any atom is -0.362 e. The lowest BCUT2D eigenvalue weighted by atomic mass is 10.1. The molecule has 1 aliphatic rings. The van der Waals surface area contributed by atoms with Crippen LogP contribution in [0.5, 0.6) is 0 Å². The normalized spacial score (nSPS) is 13.5. The van der Waals surface area contributed by atoms with Crippen LogP contribution in [-0.2, 0) is 11.2 Å². The van der Waals surface area contributed by atoms with Gasteiger partial charge in [-0.25, -0.2) is 0 Å². The number of anilines is 1. The fourth-order valence-corrected chi connectivity index (χ4v) is 2.28. The zero-order chi connectivity index (χ0) is 14.0. The van der Waals surface area contributed by atoms with Crippen molar-refractivity contribution in [2.45, 2.75) is 26.3 Å². The quantitative estimate of drug-likeness (QED) is 0.659. The third-order valence-electron chi connectivity index (χ3n) is 3.05. The lowest BCUT2D eigenvalue weighted by Gasteiger charge is -2.19. The smallest absolute Gasteiger partial charge is 0.269 e. The number of nitro groups is 1. The largest absolute Gasteiger partial charge is 0.362 e. The molecule has 0 bridgehead atoms. The van der Waals surface area contributed by atoms with Crippen molar-refractivity contribution in [2.24, 2.45) is 0 Å². The first kappa shape index (κ1) is 13.3. The minimum atomic E-state index is -0.394. The SMILES string of the molecule is CC(C)NC(=O)CN1CCc2cc([N+](=O)[O-])ccc21. The molecule has 0 saturated carbocycles. The van der Waals surface area contributed by atoms with Crippen molar-refractivity contribution in [2.75, 3.05) is 18.0 Å². The average Bonchev–Trinajstić information content (AvgIpc) is 2.70. The summed E-state index contributed by atoms with van der Waals surface area (Å²) in [5, 5.41) is 13.6. The minimum absolute atomic E-state index is 0.0267. The lowest BCUT2D eigenvalue weighted by molar-refractivity contribution is -0.384. The van der Waals surface area contributed by atoms with Crippen LogP contribution in [0.2, 0.25) is 0 Å². The number of benzene rings is 1. The highest BCUT2D eigenvalue weighted by atomic mass is 16.6. The maximum Gasteiger partial charge on any atom is 0.269 e. The van der Waals surface area contributed by atoms with E-state index in [2.05, 4.69) is 5.32 Å². The predicted molar refractivity (Wildman–Crippen MR) is 72.3 cm³/mol. The number of non-ortho nitro benzene ring substituents is 1. The molecule has 1 aromatic rings. The van der Waals surface area contributed by atoms with Crippen molar-refractivity contribution < 1.29 is 9.72 Å². The molecule has 1 aromatic carbocycles. The van der Waals surface area contributed by atoms with Gasteiger partial charge in [-0.2, -0.15) is 0 Å². The first-order chi connectivity index (χ1) is 8.97. The average molecular weight is 263 g/mol. The Labute approximate surface area is 111 Å². The highest BCUT2D eigenvalue weighted by Crippen LogP contribution is 2.30. The molecular weight excluding hydrogens is 246 g/mol. The molecule has 0 radical (unpaired) electrons. The van der Waals surface area contributed by atoms with Crippen molar-refractivity contribution in [3.8, 4) is 0 Å². The van der Waals surface area contributed by atoms with Crippen LogP contribution in [0, 0.1) is 10.1 Å². The molecule has 0 aromatic heterocycles. The Kier molecular flexibility index (Phi) is 3.69. The summed E-state index contributed by atoms with van der Waals surface area (Å²) < 4.78 is 0. The fraction of sp³-hybridized carbons (Fsp3) is 0.462.